The molecule has 104 valence electrons. The Hall–Kier alpha value is -2.21. The Morgan fingerprint density at radius 3 is 2.60 bits per heavy atom. The molecule has 0 aliphatic heterocycles. The van der Waals surface area contributed by atoms with Crippen LogP contribution in [0.5, 0.6) is 0 Å². The highest BCUT2D eigenvalue weighted by atomic mass is 32.1. The monoisotopic (exact) mass is 293 g/mol. The number of carbonyl (C=O) groups is 2. The molecule has 20 heavy (non-hydrogen) atoms. The number of halogens is 1. The van der Waals surface area contributed by atoms with E-state index in [9.17, 15) is 14.0 Å². The van der Waals surface area contributed by atoms with Crippen molar-refractivity contribution >= 4 is 23.2 Å². The highest BCUT2D eigenvalue weighted by Crippen LogP contribution is 2.07. The van der Waals surface area contributed by atoms with Crippen LogP contribution in [0, 0.1) is 5.82 Å². The van der Waals surface area contributed by atoms with Gasteiger partial charge in [0.25, 0.3) is 5.91 Å². The van der Waals surface area contributed by atoms with Crippen molar-refractivity contribution in [1.29, 1.82) is 0 Å². The Balaban J connectivity index is 1.75. The molecular formula is C14H12FNO3S. The minimum absolute atomic E-state index is 0.206. The molecule has 1 heterocycles. The third kappa shape index (κ3) is 4.17. The number of ether oxygens (including phenoxy) is 1. The lowest BCUT2D eigenvalue weighted by molar-refractivity contribution is -0.124. The van der Waals surface area contributed by atoms with Crippen LogP contribution in [0.25, 0.3) is 0 Å². The Bertz CT molecular complexity index is 581. The van der Waals surface area contributed by atoms with Gasteiger partial charge in [-0.3, -0.25) is 4.79 Å². The molecule has 2 rings (SSSR count). The van der Waals surface area contributed by atoms with E-state index >= 15 is 0 Å². The van der Waals surface area contributed by atoms with Gasteiger partial charge in [-0.05, 0) is 35.7 Å². The molecule has 2 aromatic rings. The van der Waals surface area contributed by atoms with Gasteiger partial charge in [0.2, 0.25) is 0 Å². The van der Waals surface area contributed by atoms with Crippen molar-refractivity contribution in [3.63, 3.8) is 0 Å². The highest BCUT2D eigenvalue weighted by Gasteiger charge is 2.10. The van der Waals surface area contributed by atoms with Crippen LogP contribution in [-0.4, -0.2) is 18.5 Å². The quantitative estimate of drug-likeness (QED) is 0.861. The van der Waals surface area contributed by atoms with Crippen LogP contribution in [0.3, 0.4) is 0 Å². The fourth-order valence-corrected chi connectivity index (χ4v) is 2.09. The zero-order chi connectivity index (χ0) is 14.4. The van der Waals surface area contributed by atoms with E-state index in [-0.39, 0.29) is 18.1 Å². The molecule has 1 aromatic heterocycles. The van der Waals surface area contributed by atoms with Crippen molar-refractivity contribution < 1.29 is 18.7 Å². The molecule has 0 saturated carbocycles. The number of hydrogen-bond acceptors (Lipinski definition) is 4. The largest absolute Gasteiger partial charge is 0.452 e. The van der Waals surface area contributed by atoms with Crippen molar-refractivity contribution in [2.24, 2.45) is 0 Å². The predicted molar refractivity (Wildman–Crippen MR) is 72.8 cm³/mol. The van der Waals surface area contributed by atoms with Gasteiger partial charge in [0.15, 0.2) is 6.61 Å². The van der Waals surface area contributed by atoms with Crippen molar-refractivity contribution in [3.8, 4) is 0 Å². The molecule has 1 aromatic carbocycles. The van der Waals surface area contributed by atoms with Gasteiger partial charge in [-0.25, -0.2) is 9.18 Å². The van der Waals surface area contributed by atoms with Gasteiger partial charge in [-0.1, -0.05) is 6.07 Å². The van der Waals surface area contributed by atoms with Crippen LogP contribution in [0.15, 0.2) is 41.8 Å². The van der Waals surface area contributed by atoms with Crippen LogP contribution in [0.1, 0.15) is 15.2 Å². The molecule has 0 radical (unpaired) electrons. The number of rotatable bonds is 5. The average molecular weight is 293 g/mol. The second-order valence-corrected chi connectivity index (χ2v) is 4.97. The lowest BCUT2D eigenvalue weighted by Gasteiger charge is -2.05. The first-order chi connectivity index (χ1) is 9.65. The molecule has 0 spiro atoms. The minimum Gasteiger partial charge on any atom is -0.452 e. The van der Waals surface area contributed by atoms with E-state index in [0.717, 1.165) is 17.0 Å². The number of nitrogens with one attached hydrogen (secondary N) is 1. The Morgan fingerprint density at radius 1 is 1.20 bits per heavy atom. The van der Waals surface area contributed by atoms with Crippen LogP contribution in [0.4, 0.5) is 4.39 Å². The van der Waals surface area contributed by atoms with E-state index in [2.05, 4.69) is 5.32 Å². The number of amides is 1. The molecule has 1 amide bonds. The van der Waals surface area contributed by atoms with Gasteiger partial charge >= 0.3 is 5.97 Å². The minimum atomic E-state index is -0.656. The zero-order valence-electron chi connectivity index (χ0n) is 10.5. The van der Waals surface area contributed by atoms with E-state index in [4.69, 9.17) is 4.74 Å². The molecule has 1 N–H and O–H groups in total. The summed E-state index contributed by atoms with van der Waals surface area (Å²) in [6.45, 7) is 0.0478. The molecule has 0 aliphatic carbocycles. The third-order valence-corrected chi connectivity index (χ3v) is 3.33. The molecule has 0 fully saturated rings. The van der Waals surface area contributed by atoms with Crippen molar-refractivity contribution in [2.45, 2.75) is 6.54 Å². The Kier molecular flexibility index (Phi) is 4.84. The van der Waals surface area contributed by atoms with Crippen LogP contribution in [0.2, 0.25) is 0 Å². The summed E-state index contributed by atoms with van der Waals surface area (Å²) in [6, 6.07) is 8.72. The van der Waals surface area contributed by atoms with Gasteiger partial charge in [-0.2, -0.15) is 0 Å². The van der Waals surface area contributed by atoms with Gasteiger partial charge in [0.05, 0.1) is 12.1 Å². The van der Waals surface area contributed by atoms with Crippen LogP contribution < -0.4 is 5.32 Å². The normalized spacial score (nSPS) is 10.1. The van der Waals surface area contributed by atoms with Crippen LogP contribution >= 0.6 is 11.3 Å². The molecule has 0 saturated heterocycles. The smallest absolute Gasteiger partial charge is 0.338 e. The van der Waals surface area contributed by atoms with Gasteiger partial charge in [0.1, 0.15) is 5.82 Å². The summed E-state index contributed by atoms with van der Waals surface area (Å²) in [5.41, 5.74) is 0.206. The van der Waals surface area contributed by atoms with Crippen molar-refractivity contribution in [3.05, 3.63) is 58.0 Å². The second-order valence-electron chi connectivity index (χ2n) is 3.94. The Labute approximate surface area is 119 Å². The van der Waals surface area contributed by atoms with E-state index < -0.39 is 11.8 Å². The first-order valence-electron chi connectivity index (χ1n) is 5.87. The standard InChI is InChI=1S/C14H12FNO3S/c15-11-5-3-10(4-6-11)14(18)19-9-13(17)16-8-12-2-1-7-20-12/h1-7H,8-9H2,(H,16,17). The molecule has 0 bridgehead atoms. The van der Waals surface area contributed by atoms with Crippen molar-refractivity contribution in [2.75, 3.05) is 6.61 Å². The maximum absolute atomic E-state index is 12.7. The van der Waals surface area contributed by atoms with E-state index in [0.29, 0.717) is 6.54 Å². The summed E-state index contributed by atoms with van der Waals surface area (Å²) in [5, 5.41) is 4.55. The summed E-state index contributed by atoms with van der Waals surface area (Å²) < 4.78 is 17.5. The SMILES string of the molecule is O=C(COC(=O)c1ccc(F)cc1)NCc1cccs1. The van der Waals surface area contributed by atoms with Crippen molar-refractivity contribution in [1.82, 2.24) is 5.32 Å². The van der Waals surface area contributed by atoms with Gasteiger partial charge in [-0.15, -0.1) is 11.3 Å². The number of hydrogen-bond donors (Lipinski definition) is 1. The predicted octanol–water partition coefficient (Wildman–Crippen LogP) is 2.36. The van der Waals surface area contributed by atoms with E-state index in [1.54, 1.807) is 0 Å². The topological polar surface area (TPSA) is 55.4 Å². The first-order valence-corrected chi connectivity index (χ1v) is 6.75. The van der Waals surface area contributed by atoms with E-state index in [1.165, 1.54) is 23.5 Å². The number of benzene rings is 1. The van der Waals surface area contributed by atoms with Gasteiger partial charge < -0.3 is 10.1 Å². The van der Waals surface area contributed by atoms with Gasteiger partial charge in [0, 0.05) is 4.88 Å². The maximum atomic E-state index is 12.7. The number of carbonyl (C=O) groups excluding carboxylic acids is 2. The molecule has 0 atom stereocenters. The second kappa shape index (κ2) is 6.81. The summed E-state index contributed by atoms with van der Waals surface area (Å²) in [5.74, 6) is -1.47. The summed E-state index contributed by atoms with van der Waals surface area (Å²) in [6.07, 6.45) is 0. The molecule has 0 unspecified atom stereocenters. The highest BCUT2D eigenvalue weighted by molar-refractivity contribution is 7.09. The fourth-order valence-electron chi connectivity index (χ4n) is 1.45. The maximum Gasteiger partial charge on any atom is 0.338 e. The number of esters is 1. The molecule has 4 nitrogen and oxygen atoms in total. The molecule has 0 aliphatic rings. The summed E-state index contributed by atoms with van der Waals surface area (Å²) >= 11 is 1.53. The zero-order valence-corrected chi connectivity index (χ0v) is 11.3. The fraction of sp³-hybridized carbons (Fsp3) is 0.143. The van der Waals surface area contributed by atoms with E-state index in [1.807, 2.05) is 17.5 Å². The molecular weight excluding hydrogens is 281 g/mol. The third-order valence-electron chi connectivity index (χ3n) is 2.45. The summed E-state index contributed by atoms with van der Waals surface area (Å²) in [7, 11) is 0. The lowest BCUT2D eigenvalue weighted by Crippen LogP contribution is -2.28. The Morgan fingerprint density at radius 2 is 1.95 bits per heavy atom. The summed E-state index contributed by atoms with van der Waals surface area (Å²) in [4.78, 5) is 24.1. The lowest BCUT2D eigenvalue weighted by atomic mass is 10.2. The molecule has 6 heteroatoms. The average Bonchev–Trinajstić information content (AvgIpc) is 2.96. The van der Waals surface area contributed by atoms with Crippen LogP contribution in [-0.2, 0) is 16.1 Å². The first kappa shape index (κ1) is 14.2. The number of thiophene rings is 1.